The van der Waals surface area contributed by atoms with Crippen LogP contribution in [-0.2, 0) is 9.59 Å². The Morgan fingerprint density at radius 2 is 2.04 bits per heavy atom. The highest BCUT2D eigenvalue weighted by Crippen LogP contribution is 2.26. The van der Waals surface area contributed by atoms with E-state index in [2.05, 4.69) is 15.6 Å². The van der Waals surface area contributed by atoms with E-state index in [0.29, 0.717) is 15.9 Å². The van der Waals surface area contributed by atoms with Crippen LogP contribution in [0.4, 0.5) is 11.4 Å². The Bertz CT molecular complexity index is 839. The zero-order valence-corrected chi connectivity index (χ0v) is 15.0. The van der Waals surface area contributed by atoms with Gasteiger partial charge in [-0.05, 0) is 36.8 Å². The monoisotopic (exact) mass is 373 g/mol. The molecule has 0 spiro atoms. The lowest BCUT2D eigenvalue weighted by Gasteiger charge is -2.10. The van der Waals surface area contributed by atoms with Gasteiger partial charge in [0.1, 0.15) is 5.25 Å². The van der Waals surface area contributed by atoms with Crippen molar-refractivity contribution in [1.82, 2.24) is 5.32 Å². The lowest BCUT2D eigenvalue weighted by atomic mass is 10.2. The number of rotatable bonds is 4. The molecule has 1 atom stereocenters. The predicted molar refractivity (Wildman–Crippen MR) is 102 cm³/mol. The van der Waals surface area contributed by atoms with Crippen LogP contribution in [0.5, 0.6) is 0 Å². The number of anilines is 1. The summed E-state index contributed by atoms with van der Waals surface area (Å²) in [6.45, 7) is 1.88. The Morgan fingerprint density at radius 1 is 1.28 bits per heavy atom. The van der Waals surface area contributed by atoms with Gasteiger partial charge in [-0.2, -0.15) is 0 Å². The lowest BCUT2D eigenvalue weighted by molar-refractivity contribution is -0.122. The van der Waals surface area contributed by atoms with Crippen molar-refractivity contribution in [3.05, 3.63) is 59.1 Å². The van der Waals surface area contributed by atoms with Crippen molar-refractivity contribution in [2.45, 2.75) is 18.6 Å². The largest absolute Gasteiger partial charge is 0.326 e. The summed E-state index contributed by atoms with van der Waals surface area (Å²) in [7, 11) is 0. The minimum absolute atomic E-state index is 0.0657. The molecule has 5 nitrogen and oxygen atoms in total. The van der Waals surface area contributed by atoms with Gasteiger partial charge in [0.2, 0.25) is 11.8 Å². The minimum atomic E-state index is -0.498. The number of thioether (sulfide) groups is 1. The molecular weight excluding hydrogens is 358 g/mol. The van der Waals surface area contributed by atoms with Crippen LogP contribution >= 0.6 is 23.4 Å². The van der Waals surface area contributed by atoms with Gasteiger partial charge in [0, 0.05) is 17.1 Å². The summed E-state index contributed by atoms with van der Waals surface area (Å²) in [6, 6.07) is 14.6. The Hall–Kier alpha value is -2.31. The summed E-state index contributed by atoms with van der Waals surface area (Å²) < 4.78 is 0. The van der Waals surface area contributed by atoms with E-state index < -0.39 is 5.25 Å². The molecule has 1 aliphatic rings. The molecule has 128 valence electrons. The fourth-order valence-corrected chi connectivity index (χ4v) is 3.47. The van der Waals surface area contributed by atoms with Crippen LogP contribution in [0.3, 0.4) is 0 Å². The third-order valence-electron chi connectivity index (χ3n) is 3.61. The van der Waals surface area contributed by atoms with Crippen LogP contribution in [0.1, 0.15) is 12.0 Å². The molecule has 0 aromatic heterocycles. The van der Waals surface area contributed by atoms with E-state index in [1.807, 2.05) is 43.3 Å². The van der Waals surface area contributed by atoms with E-state index in [1.54, 1.807) is 12.1 Å². The van der Waals surface area contributed by atoms with E-state index in [0.717, 1.165) is 11.3 Å². The van der Waals surface area contributed by atoms with E-state index in [-0.39, 0.29) is 18.2 Å². The highest BCUT2D eigenvalue weighted by atomic mass is 35.5. The number of nitrogens with zero attached hydrogens (tertiary/aromatic N) is 1. The van der Waals surface area contributed by atoms with Gasteiger partial charge in [-0.3, -0.25) is 9.59 Å². The molecule has 2 aromatic carbocycles. The maximum Gasteiger partial charge on any atom is 0.240 e. The first-order valence-corrected chi connectivity index (χ1v) is 8.94. The van der Waals surface area contributed by atoms with Gasteiger partial charge in [-0.1, -0.05) is 47.6 Å². The molecule has 2 N–H and O–H groups in total. The number of aryl methyl sites for hydroxylation is 1. The summed E-state index contributed by atoms with van der Waals surface area (Å²) >= 11 is 7.22. The number of amides is 2. The number of amidine groups is 1. The van der Waals surface area contributed by atoms with Crippen molar-refractivity contribution in [2.24, 2.45) is 4.99 Å². The van der Waals surface area contributed by atoms with Crippen molar-refractivity contribution in [3.63, 3.8) is 0 Å². The molecule has 0 aliphatic carbocycles. The molecule has 1 saturated heterocycles. The molecular formula is C18H16ClN3O2S. The molecule has 1 fully saturated rings. The van der Waals surface area contributed by atoms with Crippen molar-refractivity contribution in [1.29, 1.82) is 0 Å². The number of para-hydroxylation sites is 1. The third kappa shape index (κ3) is 4.61. The standard InChI is InChI=1S/C18H16ClN3O2S/c1-11-7-8-12(19)9-14(11)21-16(23)10-15-17(24)22-18(25-15)20-13-5-3-2-4-6-13/h2-9,15H,10H2,1H3,(H,21,23)(H,20,22,24)/t15-/m1/s1. The van der Waals surface area contributed by atoms with E-state index in [4.69, 9.17) is 11.6 Å². The van der Waals surface area contributed by atoms with E-state index in [1.165, 1.54) is 11.8 Å². The topological polar surface area (TPSA) is 70.6 Å². The summed E-state index contributed by atoms with van der Waals surface area (Å²) in [6.07, 6.45) is 0.0657. The normalized spacial score (nSPS) is 18.2. The molecule has 0 unspecified atom stereocenters. The maximum atomic E-state index is 12.3. The van der Waals surface area contributed by atoms with Gasteiger partial charge in [0.25, 0.3) is 0 Å². The van der Waals surface area contributed by atoms with Gasteiger partial charge in [0.05, 0.1) is 5.69 Å². The number of benzene rings is 2. The molecule has 25 heavy (non-hydrogen) atoms. The first-order valence-electron chi connectivity index (χ1n) is 7.68. The van der Waals surface area contributed by atoms with Crippen molar-refractivity contribution in [2.75, 3.05) is 5.32 Å². The third-order valence-corrected chi connectivity index (χ3v) is 4.92. The number of hydrogen-bond donors (Lipinski definition) is 2. The van der Waals surface area contributed by atoms with Crippen LogP contribution < -0.4 is 10.6 Å². The second-order valence-electron chi connectivity index (χ2n) is 5.56. The first-order chi connectivity index (χ1) is 12.0. The number of hydrogen-bond acceptors (Lipinski definition) is 4. The van der Waals surface area contributed by atoms with Gasteiger partial charge in [-0.25, -0.2) is 4.99 Å². The lowest BCUT2D eigenvalue weighted by Crippen LogP contribution is -2.28. The molecule has 0 bridgehead atoms. The molecule has 3 rings (SSSR count). The zero-order valence-electron chi connectivity index (χ0n) is 13.5. The SMILES string of the molecule is Cc1ccc(Cl)cc1NC(=O)C[C@H]1SC(=Nc2ccccc2)NC1=O. The molecule has 7 heteroatoms. The molecule has 1 aliphatic heterocycles. The Labute approximate surface area is 154 Å². The fraction of sp³-hybridized carbons (Fsp3) is 0.167. The summed E-state index contributed by atoms with van der Waals surface area (Å²) in [5.41, 5.74) is 2.32. The minimum Gasteiger partial charge on any atom is -0.326 e. The molecule has 0 saturated carbocycles. The maximum absolute atomic E-state index is 12.3. The predicted octanol–water partition coefficient (Wildman–Crippen LogP) is 3.90. The van der Waals surface area contributed by atoms with Crippen LogP contribution in [0.25, 0.3) is 0 Å². The smallest absolute Gasteiger partial charge is 0.240 e. The molecule has 2 aromatic rings. The van der Waals surface area contributed by atoms with E-state index in [9.17, 15) is 9.59 Å². The highest BCUT2D eigenvalue weighted by molar-refractivity contribution is 8.15. The second kappa shape index (κ2) is 7.72. The van der Waals surface area contributed by atoms with Gasteiger partial charge < -0.3 is 10.6 Å². The van der Waals surface area contributed by atoms with Gasteiger partial charge >= 0.3 is 0 Å². The summed E-state index contributed by atoms with van der Waals surface area (Å²) in [4.78, 5) is 28.7. The quantitative estimate of drug-likeness (QED) is 0.853. The Balaban J connectivity index is 1.63. The van der Waals surface area contributed by atoms with Crippen LogP contribution in [0.2, 0.25) is 5.02 Å². The average molecular weight is 374 g/mol. The summed E-state index contributed by atoms with van der Waals surface area (Å²) in [5.74, 6) is -0.448. The molecule has 0 radical (unpaired) electrons. The van der Waals surface area contributed by atoms with Gasteiger partial charge in [-0.15, -0.1) is 0 Å². The van der Waals surface area contributed by atoms with Crippen molar-refractivity contribution >= 4 is 51.7 Å². The number of carbonyl (C=O) groups excluding carboxylic acids is 2. The average Bonchev–Trinajstić information content (AvgIpc) is 2.91. The summed E-state index contributed by atoms with van der Waals surface area (Å²) in [5, 5.41) is 6.08. The Morgan fingerprint density at radius 3 is 2.80 bits per heavy atom. The van der Waals surface area contributed by atoms with Crippen LogP contribution in [0.15, 0.2) is 53.5 Å². The number of carbonyl (C=O) groups is 2. The van der Waals surface area contributed by atoms with Gasteiger partial charge in [0.15, 0.2) is 5.17 Å². The van der Waals surface area contributed by atoms with E-state index >= 15 is 0 Å². The zero-order chi connectivity index (χ0) is 17.8. The number of aliphatic imine (C=N–C) groups is 1. The second-order valence-corrected chi connectivity index (χ2v) is 7.19. The van der Waals surface area contributed by atoms with Crippen LogP contribution in [-0.4, -0.2) is 22.2 Å². The fourth-order valence-electron chi connectivity index (χ4n) is 2.31. The molecule has 2 amide bonds. The number of halogens is 1. The molecule has 1 heterocycles. The number of nitrogens with one attached hydrogen (secondary N) is 2. The first kappa shape index (κ1) is 17.5. The van der Waals surface area contributed by atoms with Crippen LogP contribution in [0, 0.1) is 6.92 Å². The van der Waals surface area contributed by atoms with Crippen molar-refractivity contribution in [3.8, 4) is 0 Å². The highest BCUT2D eigenvalue weighted by Gasteiger charge is 2.32. The van der Waals surface area contributed by atoms with Crippen molar-refractivity contribution < 1.29 is 9.59 Å². The Kier molecular flexibility index (Phi) is 5.40.